The van der Waals surface area contributed by atoms with E-state index in [4.69, 9.17) is 11.6 Å². The van der Waals surface area contributed by atoms with Gasteiger partial charge in [0.25, 0.3) is 0 Å². The standard InChI is InChI=1S/C19H20ClN5/c1-13(15-9-5-3-6-10-15)21-18-23-17(20)24-19(25-18)22-14(2)16-11-7-4-8-12-16/h3-14H,1-2H3,(H2,21,22,23,24,25)/t13-,14-/m1/s1. The average Bonchev–Trinajstić information content (AvgIpc) is 2.62. The van der Waals surface area contributed by atoms with Crippen LogP contribution in [-0.2, 0) is 0 Å². The van der Waals surface area contributed by atoms with Crippen LogP contribution in [0.25, 0.3) is 0 Å². The van der Waals surface area contributed by atoms with Gasteiger partial charge in [-0.3, -0.25) is 0 Å². The Morgan fingerprint density at radius 1 is 0.680 bits per heavy atom. The normalized spacial score (nSPS) is 13.1. The van der Waals surface area contributed by atoms with Crippen LogP contribution in [0.4, 0.5) is 11.9 Å². The average molecular weight is 354 g/mol. The second-order valence-corrected chi connectivity index (χ2v) is 6.14. The molecule has 0 amide bonds. The zero-order valence-corrected chi connectivity index (χ0v) is 14.9. The lowest BCUT2D eigenvalue weighted by atomic mass is 10.1. The molecule has 0 saturated carbocycles. The molecule has 5 nitrogen and oxygen atoms in total. The van der Waals surface area contributed by atoms with Crippen molar-refractivity contribution >= 4 is 23.5 Å². The van der Waals surface area contributed by atoms with Crippen LogP contribution in [-0.4, -0.2) is 15.0 Å². The lowest BCUT2D eigenvalue weighted by Crippen LogP contribution is -2.14. The summed E-state index contributed by atoms with van der Waals surface area (Å²) in [5.74, 6) is 0.887. The van der Waals surface area contributed by atoms with Gasteiger partial charge in [-0.25, -0.2) is 0 Å². The van der Waals surface area contributed by atoms with E-state index in [0.29, 0.717) is 11.9 Å². The van der Waals surface area contributed by atoms with Crippen molar-refractivity contribution in [2.75, 3.05) is 10.6 Å². The summed E-state index contributed by atoms with van der Waals surface area (Å²) in [5, 5.41) is 6.68. The maximum absolute atomic E-state index is 6.07. The second-order valence-electron chi connectivity index (χ2n) is 5.81. The zero-order chi connectivity index (χ0) is 17.6. The Hall–Kier alpha value is -2.66. The highest BCUT2D eigenvalue weighted by Gasteiger charge is 2.12. The molecule has 6 heteroatoms. The molecule has 2 aromatic carbocycles. The number of nitrogens with zero attached hydrogens (tertiary/aromatic N) is 3. The predicted molar refractivity (Wildman–Crippen MR) is 102 cm³/mol. The van der Waals surface area contributed by atoms with Crippen LogP contribution in [0.1, 0.15) is 37.1 Å². The molecule has 2 atom stereocenters. The van der Waals surface area contributed by atoms with Gasteiger partial charge in [0, 0.05) is 0 Å². The fraction of sp³-hybridized carbons (Fsp3) is 0.211. The third kappa shape index (κ3) is 4.67. The Morgan fingerprint density at radius 3 is 1.48 bits per heavy atom. The lowest BCUT2D eigenvalue weighted by Gasteiger charge is -2.17. The number of nitrogens with one attached hydrogen (secondary N) is 2. The molecule has 0 unspecified atom stereocenters. The Morgan fingerprint density at radius 2 is 1.08 bits per heavy atom. The first-order chi connectivity index (χ1) is 12.1. The van der Waals surface area contributed by atoms with Crippen molar-refractivity contribution in [3.8, 4) is 0 Å². The van der Waals surface area contributed by atoms with Gasteiger partial charge >= 0.3 is 0 Å². The van der Waals surface area contributed by atoms with Gasteiger partial charge in [0.05, 0.1) is 12.1 Å². The van der Waals surface area contributed by atoms with Crippen LogP contribution in [0.15, 0.2) is 60.7 Å². The summed E-state index contributed by atoms with van der Waals surface area (Å²) in [6.07, 6.45) is 0. The van der Waals surface area contributed by atoms with E-state index in [1.807, 2.05) is 50.2 Å². The number of anilines is 2. The monoisotopic (exact) mass is 353 g/mol. The predicted octanol–water partition coefficient (Wildman–Crippen LogP) is 4.87. The SMILES string of the molecule is C[C@@H](Nc1nc(Cl)nc(N[C@H](C)c2ccccc2)n1)c1ccccc1. The summed E-state index contributed by atoms with van der Waals surface area (Å²) in [5.41, 5.74) is 2.29. The van der Waals surface area contributed by atoms with Gasteiger partial charge < -0.3 is 10.6 Å². The lowest BCUT2D eigenvalue weighted by molar-refractivity contribution is 0.832. The topological polar surface area (TPSA) is 62.7 Å². The molecule has 1 heterocycles. The Balaban J connectivity index is 1.74. The fourth-order valence-corrected chi connectivity index (χ4v) is 2.68. The quantitative estimate of drug-likeness (QED) is 0.661. The Kier molecular flexibility index (Phi) is 5.46. The highest BCUT2D eigenvalue weighted by molar-refractivity contribution is 6.28. The van der Waals surface area contributed by atoms with Crippen molar-refractivity contribution in [2.45, 2.75) is 25.9 Å². The van der Waals surface area contributed by atoms with Crippen molar-refractivity contribution in [2.24, 2.45) is 0 Å². The minimum atomic E-state index is 0.0547. The first-order valence-electron chi connectivity index (χ1n) is 8.16. The molecule has 0 radical (unpaired) electrons. The van der Waals surface area contributed by atoms with Crippen LogP contribution in [0, 0.1) is 0 Å². The number of rotatable bonds is 6. The zero-order valence-electron chi connectivity index (χ0n) is 14.1. The van der Waals surface area contributed by atoms with Crippen LogP contribution < -0.4 is 10.6 Å². The van der Waals surface area contributed by atoms with E-state index >= 15 is 0 Å². The highest BCUT2D eigenvalue weighted by atomic mass is 35.5. The number of hydrogen-bond acceptors (Lipinski definition) is 5. The third-order valence-corrected chi connectivity index (χ3v) is 4.07. The molecule has 0 aliphatic carbocycles. The summed E-state index contributed by atoms with van der Waals surface area (Å²) in [4.78, 5) is 12.8. The first kappa shape index (κ1) is 17.2. The van der Waals surface area contributed by atoms with E-state index in [2.05, 4.69) is 49.9 Å². The maximum Gasteiger partial charge on any atom is 0.229 e. The Bertz CT molecular complexity index is 745. The molecule has 0 fully saturated rings. The smallest absolute Gasteiger partial charge is 0.229 e. The number of halogens is 1. The van der Waals surface area contributed by atoms with E-state index in [1.54, 1.807) is 0 Å². The molecule has 0 bridgehead atoms. The molecule has 0 saturated heterocycles. The molecular formula is C19H20ClN5. The van der Waals surface area contributed by atoms with E-state index < -0.39 is 0 Å². The van der Waals surface area contributed by atoms with Crippen molar-refractivity contribution in [3.63, 3.8) is 0 Å². The Labute approximate surface area is 152 Å². The van der Waals surface area contributed by atoms with Gasteiger partial charge in [-0.05, 0) is 36.6 Å². The number of aromatic nitrogens is 3. The van der Waals surface area contributed by atoms with Crippen LogP contribution >= 0.6 is 11.6 Å². The fourth-order valence-electron chi connectivity index (χ4n) is 2.52. The summed E-state index contributed by atoms with van der Waals surface area (Å²) in [7, 11) is 0. The molecule has 1 aromatic heterocycles. The van der Waals surface area contributed by atoms with Gasteiger partial charge in [0.15, 0.2) is 0 Å². The molecule has 3 rings (SSSR count). The van der Waals surface area contributed by atoms with Crippen LogP contribution in [0.2, 0.25) is 5.28 Å². The summed E-state index contributed by atoms with van der Waals surface area (Å²) >= 11 is 6.07. The highest BCUT2D eigenvalue weighted by Crippen LogP contribution is 2.21. The van der Waals surface area contributed by atoms with Crippen molar-refractivity contribution in [1.29, 1.82) is 0 Å². The van der Waals surface area contributed by atoms with Crippen molar-refractivity contribution in [1.82, 2.24) is 15.0 Å². The number of benzene rings is 2. The van der Waals surface area contributed by atoms with Gasteiger partial charge in [0.1, 0.15) is 0 Å². The molecule has 25 heavy (non-hydrogen) atoms. The third-order valence-electron chi connectivity index (χ3n) is 3.90. The summed E-state index contributed by atoms with van der Waals surface area (Å²) < 4.78 is 0. The van der Waals surface area contributed by atoms with Crippen LogP contribution in [0.5, 0.6) is 0 Å². The largest absolute Gasteiger partial charge is 0.348 e. The first-order valence-corrected chi connectivity index (χ1v) is 8.54. The minimum Gasteiger partial charge on any atom is -0.348 e. The molecule has 3 aromatic rings. The van der Waals surface area contributed by atoms with E-state index in [0.717, 1.165) is 11.1 Å². The van der Waals surface area contributed by atoms with Gasteiger partial charge in [-0.15, -0.1) is 0 Å². The van der Waals surface area contributed by atoms with Crippen LogP contribution in [0.3, 0.4) is 0 Å². The minimum absolute atomic E-state index is 0.0547. The molecule has 128 valence electrons. The molecule has 0 aliphatic rings. The van der Waals surface area contributed by atoms with E-state index in [9.17, 15) is 0 Å². The summed E-state index contributed by atoms with van der Waals surface area (Å²) in [6.45, 7) is 4.10. The molecule has 0 aliphatic heterocycles. The van der Waals surface area contributed by atoms with E-state index in [-0.39, 0.29) is 17.4 Å². The molecule has 0 spiro atoms. The maximum atomic E-state index is 6.07. The van der Waals surface area contributed by atoms with Gasteiger partial charge in [0.2, 0.25) is 17.2 Å². The van der Waals surface area contributed by atoms with Crippen molar-refractivity contribution in [3.05, 3.63) is 77.1 Å². The molecular weight excluding hydrogens is 334 g/mol. The van der Waals surface area contributed by atoms with E-state index in [1.165, 1.54) is 0 Å². The van der Waals surface area contributed by atoms with Crippen molar-refractivity contribution < 1.29 is 0 Å². The summed E-state index contributed by atoms with van der Waals surface area (Å²) in [6, 6.07) is 20.3. The van der Waals surface area contributed by atoms with Gasteiger partial charge in [-0.2, -0.15) is 15.0 Å². The second kappa shape index (κ2) is 7.94. The molecule has 2 N–H and O–H groups in total. The van der Waals surface area contributed by atoms with Gasteiger partial charge in [-0.1, -0.05) is 60.7 Å². The number of hydrogen-bond donors (Lipinski definition) is 2.